The Morgan fingerprint density at radius 2 is 1.35 bits per heavy atom. The molecule has 1 aromatic heterocycles. The fourth-order valence-electron chi connectivity index (χ4n) is 4.19. The average molecular weight is 337 g/mol. The van der Waals surface area contributed by atoms with Gasteiger partial charge < -0.3 is 0 Å². The number of unbranched alkanes of at least 4 members (excludes halogenated alkanes) is 4. The monoisotopic (exact) mass is 336 g/mol. The number of hydrogen-bond donors (Lipinski definition) is 0. The molecule has 0 atom stereocenters. The minimum absolute atomic E-state index is 0.455. The molecule has 0 aliphatic rings. The summed E-state index contributed by atoms with van der Waals surface area (Å²) < 4.78 is 0. The van der Waals surface area contributed by atoms with Crippen LogP contribution in [0.2, 0.25) is 0 Å². The zero-order chi connectivity index (χ0) is 17.0. The summed E-state index contributed by atoms with van der Waals surface area (Å²) in [5.41, 5.74) is 2.12. The summed E-state index contributed by atoms with van der Waals surface area (Å²) in [6.45, 7) is 9.40. The average Bonchev–Trinajstić information content (AvgIpc) is 3.11. The molecule has 0 amide bonds. The third-order valence-corrected chi connectivity index (χ3v) is 6.33. The second kappa shape index (κ2) is 12.1. The van der Waals surface area contributed by atoms with Gasteiger partial charge in [-0.1, -0.05) is 79.1 Å². The van der Waals surface area contributed by atoms with Crippen molar-refractivity contribution in [3.63, 3.8) is 0 Å². The van der Waals surface area contributed by atoms with Gasteiger partial charge in [-0.15, -0.1) is 0 Å². The predicted molar refractivity (Wildman–Crippen MR) is 108 cm³/mol. The van der Waals surface area contributed by atoms with Crippen molar-refractivity contribution in [2.45, 2.75) is 110 Å². The Morgan fingerprint density at radius 3 is 1.74 bits per heavy atom. The van der Waals surface area contributed by atoms with Crippen molar-refractivity contribution in [1.82, 2.24) is 0 Å². The Labute approximate surface area is 150 Å². The lowest BCUT2D eigenvalue weighted by atomic mass is 9.62. The first-order chi connectivity index (χ1) is 11.2. The van der Waals surface area contributed by atoms with Crippen molar-refractivity contribution < 1.29 is 0 Å². The number of hydrogen-bond acceptors (Lipinski definition) is 1. The lowest BCUT2D eigenvalue weighted by Gasteiger charge is -2.42. The molecule has 0 radical (unpaired) electrons. The van der Waals surface area contributed by atoms with Gasteiger partial charge in [-0.2, -0.15) is 11.3 Å². The van der Waals surface area contributed by atoms with Gasteiger partial charge in [-0.3, -0.25) is 0 Å². The summed E-state index contributed by atoms with van der Waals surface area (Å²) in [5, 5.41) is 4.77. The molecule has 134 valence electrons. The molecule has 0 saturated carbocycles. The Balaban J connectivity index is 3.11. The van der Waals surface area contributed by atoms with Crippen molar-refractivity contribution in [2.75, 3.05) is 0 Å². The van der Waals surface area contributed by atoms with Crippen molar-refractivity contribution >= 4 is 11.3 Å². The van der Waals surface area contributed by atoms with Crippen LogP contribution >= 0.6 is 11.3 Å². The van der Waals surface area contributed by atoms with E-state index in [9.17, 15) is 0 Å². The zero-order valence-corrected chi connectivity index (χ0v) is 17.0. The van der Waals surface area contributed by atoms with Crippen LogP contribution < -0.4 is 0 Å². The van der Waals surface area contributed by atoms with Gasteiger partial charge in [0.1, 0.15) is 0 Å². The Morgan fingerprint density at radius 1 is 0.826 bits per heavy atom. The molecule has 0 fully saturated rings. The molecule has 0 N–H and O–H groups in total. The molecule has 1 aromatic rings. The smallest absolute Gasteiger partial charge is 0.00105 e. The van der Waals surface area contributed by atoms with Crippen LogP contribution in [-0.2, 0) is 5.41 Å². The first-order valence-electron chi connectivity index (χ1n) is 10.3. The predicted octanol–water partition coefficient (Wildman–Crippen LogP) is 8.36. The van der Waals surface area contributed by atoms with Crippen molar-refractivity contribution in [3.05, 3.63) is 22.4 Å². The first-order valence-corrected chi connectivity index (χ1v) is 11.2. The fraction of sp³-hybridized carbons (Fsp3) is 0.818. The molecule has 0 unspecified atom stereocenters. The standard InChI is InChI=1S/C22H40S/c1-5-9-13-20(14-10-6-2)22(16-11-7-3,17-12-8-4)21-15-18-23-19-21/h15,18-20H,5-14,16-17H2,1-4H3. The molecule has 0 spiro atoms. The third-order valence-electron chi connectivity index (χ3n) is 5.64. The Hall–Kier alpha value is -0.300. The van der Waals surface area contributed by atoms with Crippen LogP contribution in [-0.4, -0.2) is 0 Å². The zero-order valence-electron chi connectivity index (χ0n) is 16.2. The molecule has 0 aliphatic heterocycles. The highest BCUT2D eigenvalue weighted by Crippen LogP contribution is 2.47. The quantitative estimate of drug-likeness (QED) is 0.320. The Kier molecular flexibility index (Phi) is 10.9. The molecule has 0 bridgehead atoms. The minimum atomic E-state index is 0.455. The van der Waals surface area contributed by atoms with Crippen LogP contribution in [0.15, 0.2) is 16.8 Å². The summed E-state index contributed by atoms with van der Waals surface area (Å²) in [4.78, 5) is 0. The molecular formula is C22H40S. The molecule has 1 rings (SSSR count). The van der Waals surface area contributed by atoms with Gasteiger partial charge in [0.15, 0.2) is 0 Å². The summed E-state index contributed by atoms with van der Waals surface area (Å²) in [7, 11) is 0. The second-order valence-corrected chi connectivity index (χ2v) is 8.14. The summed E-state index contributed by atoms with van der Waals surface area (Å²) in [6.07, 6.45) is 16.6. The van der Waals surface area contributed by atoms with Gasteiger partial charge >= 0.3 is 0 Å². The van der Waals surface area contributed by atoms with E-state index in [2.05, 4.69) is 44.5 Å². The highest BCUT2D eigenvalue weighted by atomic mass is 32.1. The highest BCUT2D eigenvalue weighted by Gasteiger charge is 2.38. The maximum atomic E-state index is 2.47. The Bertz CT molecular complexity index is 349. The molecule has 0 aromatic carbocycles. The van der Waals surface area contributed by atoms with E-state index in [1.54, 1.807) is 5.56 Å². The maximum Gasteiger partial charge on any atom is -0.00105 e. The van der Waals surface area contributed by atoms with Crippen LogP contribution in [0.3, 0.4) is 0 Å². The van der Waals surface area contributed by atoms with E-state index in [0.717, 1.165) is 5.92 Å². The molecule has 0 saturated heterocycles. The first kappa shape index (κ1) is 20.7. The van der Waals surface area contributed by atoms with Crippen molar-refractivity contribution in [1.29, 1.82) is 0 Å². The van der Waals surface area contributed by atoms with Gasteiger partial charge in [-0.25, -0.2) is 0 Å². The van der Waals surface area contributed by atoms with E-state index < -0.39 is 0 Å². The summed E-state index contributed by atoms with van der Waals surface area (Å²) in [5.74, 6) is 0.884. The third kappa shape index (κ3) is 6.25. The normalized spacial score (nSPS) is 12.2. The van der Waals surface area contributed by atoms with Gasteiger partial charge in [0.05, 0.1) is 0 Å². The molecule has 0 aliphatic carbocycles. The fourth-order valence-corrected chi connectivity index (χ4v) is 4.95. The van der Waals surface area contributed by atoms with Crippen molar-refractivity contribution in [2.24, 2.45) is 5.92 Å². The molecule has 23 heavy (non-hydrogen) atoms. The summed E-state index contributed by atoms with van der Waals surface area (Å²) >= 11 is 1.90. The largest absolute Gasteiger partial charge is 0.152 e. The molecule has 1 heteroatoms. The number of rotatable bonds is 14. The van der Waals surface area contributed by atoms with Crippen LogP contribution in [0.4, 0.5) is 0 Å². The maximum absolute atomic E-state index is 2.47. The van der Waals surface area contributed by atoms with Crippen LogP contribution in [0, 0.1) is 5.92 Å². The van der Waals surface area contributed by atoms with E-state index in [4.69, 9.17) is 0 Å². The molecule has 1 heterocycles. The summed E-state index contributed by atoms with van der Waals surface area (Å²) in [6, 6.07) is 2.45. The van der Waals surface area contributed by atoms with Gasteiger partial charge in [-0.05, 0) is 59.4 Å². The lowest BCUT2D eigenvalue weighted by Crippen LogP contribution is -2.35. The molecule has 0 nitrogen and oxygen atoms in total. The van der Waals surface area contributed by atoms with Crippen LogP contribution in [0.5, 0.6) is 0 Å². The second-order valence-electron chi connectivity index (χ2n) is 7.36. The topological polar surface area (TPSA) is 0 Å². The molecular weight excluding hydrogens is 296 g/mol. The van der Waals surface area contributed by atoms with E-state index in [1.807, 2.05) is 11.3 Å². The SMILES string of the molecule is CCCCC(CCCC)C(CCCC)(CCCC)c1ccsc1. The van der Waals surface area contributed by atoms with E-state index in [-0.39, 0.29) is 0 Å². The lowest BCUT2D eigenvalue weighted by molar-refractivity contribution is 0.188. The highest BCUT2D eigenvalue weighted by molar-refractivity contribution is 7.08. The van der Waals surface area contributed by atoms with Gasteiger partial charge in [0.25, 0.3) is 0 Å². The van der Waals surface area contributed by atoms with Crippen molar-refractivity contribution in [3.8, 4) is 0 Å². The van der Waals surface area contributed by atoms with Gasteiger partial charge in [0, 0.05) is 0 Å². The van der Waals surface area contributed by atoms with Gasteiger partial charge in [0.2, 0.25) is 0 Å². The minimum Gasteiger partial charge on any atom is -0.152 e. The van der Waals surface area contributed by atoms with Crippen LogP contribution in [0.25, 0.3) is 0 Å². The van der Waals surface area contributed by atoms with E-state index in [0.29, 0.717) is 5.41 Å². The number of thiophene rings is 1. The van der Waals surface area contributed by atoms with E-state index in [1.165, 1.54) is 77.0 Å². The van der Waals surface area contributed by atoms with E-state index >= 15 is 0 Å². The van der Waals surface area contributed by atoms with Crippen LogP contribution in [0.1, 0.15) is 110 Å².